The van der Waals surface area contributed by atoms with Crippen LogP contribution in [-0.2, 0) is 4.74 Å². The molecule has 4 saturated carbocycles. The van der Waals surface area contributed by atoms with Crippen molar-refractivity contribution in [3.05, 3.63) is 0 Å². The number of hydrogen-bond donors (Lipinski definition) is 1. The largest absolute Gasteiger partial charge is 0.379 e. The van der Waals surface area contributed by atoms with Gasteiger partial charge in [0.1, 0.15) is 0 Å². The molecule has 122 valence electrons. The van der Waals surface area contributed by atoms with Crippen molar-refractivity contribution < 1.29 is 4.74 Å². The van der Waals surface area contributed by atoms with Crippen molar-refractivity contribution in [2.45, 2.75) is 90.7 Å². The summed E-state index contributed by atoms with van der Waals surface area (Å²) in [5.41, 5.74) is 8.33. The van der Waals surface area contributed by atoms with Crippen LogP contribution in [0.1, 0.15) is 79.1 Å². The van der Waals surface area contributed by atoms with E-state index in [4.69, 9.17) is 10.5 Å². The Morgan fingerprint density at radius 2 is 1.67 bits per heavy atom. The minimum Gasteiger partial charge on any atom is -0.379 e. The number of rotatable bonds is 5. The summed E-state index contributed by atoms with van der Waals surface area (Å²) in [6.45, 7) is 9.44. The van der Waals surface area contributed by atoms with Gasteiger partial charge in [-0.25, -0.2) is 0 Å². The molecule has 0 aliphatic heterocycles. The maximum absolute atomic E-state index is 6.80. The highest BCUT2D eigenvalue weighted by Gasteiger charge is 2.61. The van der Waals surface area contributed by atoms with Crippen molar-refractivity contribution in [1.82, 2.24) is 0 Å². The Balaban J connectivity index is 1.75. The van der Waals surface area contributed by atoms with E-state index in [0.717, 1.165) is 18.8 Å². The Hall–Kier alpha value is -0.0800. The summed E-state index contributed by atoms with van der Waals surface area (Å²) >= 11 is 0. The molecule has 0 aromatic heterocycles. The van der Waals surface area contributed by atoms with E-state index in [1.54, 1.807) is 0 Å². The summed E-state index contributed by atoms with van der Waals surface area (Å²) in [6, 6.07) is 0.356. The summed E-state index contributed by atoms with van der Waals surface area (Å²) in [4.78, 5) is 0. The van der Waals surface area contributed by atoms with Crippen LogP contribution < -0.4 is 5.73 Å². The van der Waals surface area contributed by atoms with Crippen LogP contribution in [0.2, 0.25) is 0 Å². The van der Waals surface area contributed by atoms with Gasteiger partial charge in [-0.05, 0) is 87.4 Å². The summed E-state index contributed by atoms with van der Waals surface area (Å²) in [5, 5.41) is 0. The molecule has 2 nitrogen and oxygen atoms in total. The first kappa shape index (κ1) is 15.8. The smallest absolute Gasteiger partial charge is 0.0623 e. The highest BCUT2D eigenvalue weighted by molar-refractivity contribution is 5.13. The molecule has 4 bridgehead atoms. The fourth-order valence-corrected chi connectivity index (χ4v) is 6.86. The van der Waals surface area contributed by atoms with Gasteiger partial charge in [0.05, 0.1) is 5.60 Å². The van der Waals surface area contributed by atoms with Crippen LogP contribution in [0, 0.1) is 22.2 Å². The van der Waals surface area contributed by atoms with Crippen LogP contribution in [0.5, 0.6) is 0 Å². The topological polar surface area (TPSA) is 35.2 Å². The van der Waals surface area contributed by atoms with Crippen molar-refractivity contribution in [2.75, 3.05) is 7.11 Å². The predicted octanol–water partition coefficient (Wildman–Crippen LogP) is 4.52. The van der Waals surface area contributed by atoms with Crippen molar-refractivity contribution in [3.63, 3.8) is 0 Å². The number of methoxy groups -OCH3 is 1. The van der Waals surface area contributed by atoms with E-state index in [1.165, 1.54) is 38.5 Å². The zero-order valence-electron chi connectivity index (χ0n) is 14.8. The quantitative estimate of drug-likeness (QED) is 0.809. The maximum Gasteiger partial charge on any atom is 0.0623 e. The summed E-state index contributed by atoms with van der Waals surface area (Å²) < 4.78 is 5.59. The van der Waals surface area contributed by atoms with Gasteiger partial charge >= 0.3 is 0 Å². The van der Waals surface area contributed by atoms with Crippen molar-refractivity contribution in [1.29, 1.82) is 0 Å². The first-order valence-corrected chi connectivity index (χ1v) is 8.90. The highest BCUT2D eigenvalue weighted by atomic mass is 16.5. The first-order chi connectivity index (χ1) is 9.60. The summed E-state index contributed by atoms with van der Waals surface area (Å²) in [7, 11) is 1.82. The average Bonchev–Trinajstić information content (AvgIpc) is 2.31. The second kappa shape index (κ2) is 4.71. The van der Waals surface area contributed by atoms with E-state index in [1.807, 2.05) is 7.11 Å². The Morgan fingerprint density at radius 1 is 1.10 bits per heavy atom. The Labute approximate surface area is 131 Å². The second-order valence-electron chi connectivity index (χ2n) is 10.1. The second-order valence-corrected chi connectivity index (χ2v) is 10.1. The lowest BCUT2D eigenvalue weighted by atomic mass is 9.39. The molecule has 0 radical (unpaired) electrons. The van der Waals surface area contributed by atoms with E-state index < -0.39 is 0 Å². The molecule has 0 heterocycles. The van der Waals surface area contributed by atoms with Gasteiger partial charge in [0.2, 0.25) is 0 Å². The third kappa shape index (κ3) is 2.79. The summed E-state index contributed by atoms with van der Waals surface area (Å²) in [6.07, 6.45) is 10.7. The van der Waals surface area contributed by atoms with E-state index >= 15 is 0 Å². The van der Waals surface area contributed by atoms with Crippen LogP contribution in [0.15, 0.2) is 0 Å². The van der Waals surface area contributed by atoms with Gasteiger partial charge in [-0.1, -0.05) is 13.8 Å². The Bertz CT molecular complexity index is 398. The fraction of sp³-hybridized carbons (Fsp3) is 1.00. The van der Waals surface area contributed by atoms with Gasteiger partial charge in [0, 0.05) is 13.2 Å². The molecule has 0 spiro atoms. The molecule has 4 aliphatic carbocycles. The van der Waals surface area contributed by atoms with Crippen LogP contribution in [0.25, 0.3) is 0 Å². The van der Waals surface area contributed by atoms with Crippen LogP contribution >= 0.6 is 0 Å². The Morgan fingerprint density at radius 3 is 2.14 bits per heavy atom. The Kier molecular flexibility index (Phi) is 3.54. The lowest BCUT2D eigenvalue weighted by molar-refractivity contribution is -0.155. The zero-order chi connectivity index (χ0) is 15.5. The number of ether oxygens (including phenoxy) is 1. The van der Waals surface area contributed by atoms with Crippen LogP contribution in [-0.4, -0.2) is 18.8 Å². The van der Waals surface area contributed by atoms with Crippen LogP contribution in [0.3, 0.4) is 0 Å². The third-order valence-corrected chi connectivity index (χ3v) is 7.07. The molecule has 0 amide bonds. The lowest BCUT2D eigenvalue weighted by Gasteiger charge is -2.67. The van der Waals surface area contributed by atoms with E-state index in [-0.39, 0.29) is 5.60 Å². The standard InChI is InChI=1S/C19H35NO/c1-16(2,21-5)7-6-15(20)19-10-14-8-17(3,12-19)11-18(4,9-14)13-19/h14-15H,6-13,20H2,1-5H3. The van der Waals surface area contributed by atoms with Crippen LogP contribution in [0.4, 0.5) is 0 Å². The molecule has 3 unspecified atom stereocenters. The van der Waals surface area contributed by atoms with E-state index in [9.17, 15) is 0 Å². The van der Waals surface area contributed by atoms with Crippen molar-refractivity contribution in [3.8, 4) is 0 Å². The molecular formula is C19H35NO. The first-order valence-electron chi connectivity index (χ1n) is 8.90. The third-order valence-electron chi connectivity index (χ3n) is 7.07. The van der Waals surface area contributed by atoms with Crippen molar-refractivity contribution in [2.24, 2.45) is 27.9 Å². The van der Waals surface area contributed by atoms with Gasteiger partial charge in [-0.2, -0.15) is 0 Å². The molecule has 4 fully saturated rings. The van der Waals surface area contributed by atoms with E-state index in [2.05, 4.69) is 27.7 Å². The van der Waals surface area contributed by atoms with Gasteiger partial charge < -0.3 is 10.5 Å². The monoisotopic (exact) mass is 293 g/mol. The number of nitrogens with two attached hydrogens (primary N) is 1. The molecule has 3 atom stereocenters. The van der Waals surface area contributed by atoms with Gasteiger partial charge in [-0.3, -0.25) is 0 Å². The SMILES string of the molecule is COC(C)(C)CCC(N)C12CC3CC(C)(CC(C)(C3)C1)C2. The molecule has 21 heavy (non-hydrogen) atoms. The molecule has 2 N–H and O–H groups in total. The molecule has 4 aliphatic rings. The zero-order valence-corrected chi connectivity index (χ0v) is 14.8. The fourth-order valence-electron chi connectivity index (χ4n) is 6.86. The molecule has 2 heteroatoms. The van der Waals surface area contributed by atoms with Gasteiger partial charge in [-0.15, -0.1) is 0 Å². The molecule has 0 aromatic rings. The number of hydrogen-bond acceptors (Lipinski definition) is 2. The molecular weight excluding hydrogens is 258 g/mol. The average molecular weight is 293 g/mol. The predicted molar refractivity (Wildman–Crippen MR) is 88.1 cm³/mol. The van der Waals surface area contributed by atoms with Gasteiger partial charge in [0.15, 0.2) is 0 Å². The highest BCUT2D eigenvalue weighted by Crippen LogP contribution is 2.70. The molecule has 0 aromatic carbocycles. The van der Waals surface area contributed by atoms with E-state index in [0.29, 0.717) is 22.3 Å². The minimum absolute atomic E-state index is 0.0340. The van der Waals surface area contributed by atoms with Crippen molar-refractivity contribution >= 4 is 0 Å². The molecule has 4 rings (SSSR count). The normalized spacial score (nSPS) is 46.9. The maximum atomic E-state index is 6.80. The summed E-state index contributed by atoms with van der Waals surface area (Å²) in [5.74, 6) is 0.942. The minimum atomic E-state index is -0.0340. The molecule has 0 saturated heterocycles. The lowest BCUT2D eigenvalue weighted by Crippen LogP contribution is -2.60. The van der Waals surface area contributed by atoms with Gasteiger partial charge in [0.25, 0.3) is 0 Å².